The van der Waals surface area contributed by atoms with E-state index in [0.29, 0.717) is 22.9 Å². The molecule has 0 aromatic heterocycles. The standard InChI is InChI=1S/C30H31NO4/c1-17-11-16-25(32)30(22(17)6)35-24-14-12-23(13-15-24)31(26-18(2)7-9-20(4)28(26)33)27-19(3)8-10-21(5)29(27)34/h7-16,32-34H,1-6H3. The minimum Gasteiger partial charge on any atom is -0.505 e. The minimum absolute atomic E-state index is 0.0828. The van der Waals surface area contributed by atoms with Gasteiger partial charge in [0, 0.05) is 5.69 Å². The van der Waals surface area contributed by atoms with Crippen LogP contribution >= 0.6 is 0 Å². The Morgan fingerprint density at radius 2 is 1.00 bits per heavy atom. The van der Waals surface area contributed by atoms with E-state index in [1.807, 2.05) is 101 Å². The van der Waals surface area contributed by atoms with Gasteiger partial charge in [0.25, 0.3) is 0 Å². The first-order valence-corrected chi connectivity index (χ1v) is 11.6. The summed E-state index contributed by atoms with van der Waals surface area (Å²) in [6.07, 6.45) is 0. The number of hydrogen-bond acceptors (Lipinski definition) is 5. The summed E-state index contributed by atoms with van der Waals surface area (Å²) in [7, 11) is 0. The summed E-state index contributed by atoms with van der Waals surface area (Å²) in [5.74, 6) is 1.39. The van der Waals surface area contributed by atoms with Crippen LogP contribution in [0, 0.1) is 41.5 Å². The van der Waals surface area contributed by atoms with Crippen LogP contribution in [0.4, 0.5) is 17.1 Å². The first kappa shape index (κ1) is 24.0. The van der Waals surface area contributed by atoms with Crippen molar-refractivity contribution in [2.24, 2.45) is 0 Å². The molecule has 0 heterocycles. The molecule has 35 heavy (non-hydrogen) atoms. The second-order valence-electron chi connectivity index (χ2n) is 9.08. The van der Waals surface area contributed by atoms with Crippen LogP contribution in [0.1, 0.15) is 33.4 Å². The lowest BCUT2D eigenvalue weighted by Gasteiger charge is -2.30. The molecule has 0 bridgehead atoms. The Hall–Kier alpha value is -4.12. The molecule has 4 aromatic carbocycles. The molecule has 5 heteroatoms. The average molecular weight is 470 g/mol. The quantitative estimate of drug-likeness (QED) is 0.277. The van der Waals surface area contributed by atoms with Crippen molar-refractivity contribution in [1.29, 1.82) is 0 Å². The lowest BCUT2D eigenvalue weighted by molar-refractivity contribution is 0.408. The highest BCUT2D eigenvalue weighted by Crippen LogP contribution is 2.48. The highest BCUT2D eigenvalue weighted by Gasteiger charge is 2.24. The SMILES string of the molecule is Cc1ccc(O)c(Oc2ccc(N(c3c(C)ccc(C)c3O)c3c(C)ccc(C)c3O)cc2)c1C. The molecule has 0 fully saturated rings. The van der Waals surface area contributed by atoms with E-state index >= 15 is 0 Å². The van der Waals surface area contributed by atoms with Gasteiger partial charge in [0.05, 0.1) is 11.4 Å². The predicted octanol–water partition coefficient (Wildman–Crippen LogP) is 7.92. The minimum atomic E-state index is 0.0828. The van der Waals surface area contributed by atoms with Crippen LogP contribution in [-0.4, -0.2) is 15.3 Å². The lowest BCUT2D eigenvalue weighted by Crippen LogP contribution is -2.14. The molecule has 0 atom stereocenters. The first-order chi connectivity index (χ1) is 16.6. The van der Waals surface area contributed by atoms with E-state index in [4.69, 9.17) is 4.74 Å². The van der Waals surface area contributed by atoms with Gasteiger partial charge < -0.3 is 25.0 Å². The fraction of sp³-hybridized carbons (Fsp3) is 0.200. The Kier molecular flexibility index (Phi) is 6.35. The van der Waals surface area contributed by atoms with E-state index < -0.39 is 0 Å². The second kappa shape index (κ2) is 9.26. The summed E-state index contributed by atoms with van der Waals surface area (Å²) in [6, 6.07) is 18.5. The van der Waals surface area contributed by atoms with Crippen LogP contribution in [0.25, 0.3) is 0 Å². The molecule has 0 aliphatic carbocycles. The van der Waals surface area contributed by atoms with Gasteiger partial charge in [-0.25, -0.2) is 0 Å². The molecule has 3 N–H and O–H groups in total. The van der Waals surface area contributed by atoms with E-state index in [9.17, 15) is 15.3 Å². The number of anilines is 3. The summed E-state index contributed by atoms with van der Waals surface area (Å²) in [6.45, 7) is 11.5. The molecule has 5 nitrogen and oxygen atoms in total. The zero-order chi connectivity index (χ0) is 25.4. The Morgan fingerprint density at radius 3 is 1.51 bits per heavy atom. The summed E-state index contributed by atoms with van der Waals surface area (Å²) < 4.78 is 6.03. The number of hydrogen-bond donors (Lipinski definition) is 3. The molecule has 0 saturated heterocycles. The van der Waals surface area contributed by atoms with Crippen LogP contribution < -0.4 is 9.64 Å². The molecular formula is C30H31NO4. The zero-order valence-corrected chi connectivity index (χ0v) is 21.0. The van der Waals surface area contributed by atoms with Gasteiger partial charge in [0.1, 0.15) is 17.2 Å². The molecule has 0 amide bonds. The number of aromatic hydroxyl groups is 3. The van der Waals surface area contributed by atoms with Crippen molar-refractivity contribution in [3.05, 3.63) is 94.0 Å². The largest absolute Gasteiger partial charge is 0.505 e. The Morgan fingerprint density at radius 1 is 0.543 bits per heavy atom. The van der Waals surface area contributed by atoms with E-state index in [1.54, 1.807) is 6.07 Å². The number of aryl methyl sites for hydroxylation is 5. The van der Waals surface area contributed by atoms with Gasteiger partial charge in [-0.1, -0.05) is 30.3 Å². The Balaban J connectivity index is 1.86. The fourth-order valence-corrected chi connectivity index (χ4v) is 4.18. The van der Waals surface area contributed by atoms with Crippen LogP contribution in [0.2, 0.25) is 0 Å². The van der Waals surface area contributed by atoms with Crippen molar-refractivity contribution in [3.63, 3.8) is 0 Å². The van der Waals surface area contributed by atoms with Crippen LogP contribution in [0.5, 0.6) is 28.7 Å². The second-order valence-corrected chi connectivity index (χ2v) is 9.08. The summed E-state index contributed by atoms with van der Waals surface area (Å²) in [5, 5.41) is 32.5. The van der Waals surface area contributed by atoms with Crippen molar-refractivity contribution in [3.8, 4) is 28.7 Å². The van der Waals surface area contributed by atoms with Gasteiger partial charge >= 0.3 is 0 Å². The van der Waals surface area contributed by atoms with Gasteiger partial charge in [-0.3, -0.25) is 0 Å². The number of ether oxygens (including phenoxy) is 1. The molecule has 4 aromatic rings. The maximum absolute atomic E-state index is 11.1. The molecule has 0 spiro atoms. The van der Waals surface area contributed by atoms with Gasteiger partial charge in [0.15, 0.2) is 11.5 Å². The lowest BCUT2D eigenvalue weighted by atomic mass is 10.0. The monoisotopic (exact) mass is 469 g/mol. The van der Waals surface area contributed by atoms with Crippen LogP contribution in [0.3, 0.4) is 0 Å². The van der Waals surface area contributed by atoms with Crippen molar-refractivity contribution in [2.75, 3.05) is 4.90 Å². The highest BCUT2D eigenvalue weighted by atomic mass is 16.5. The van der Waals surface area contributed by atoms with Gasteiger partial charge in [-0.05, 0) is 105 Å². The number of benzene rings is 4. The summed E-state index contributed by atoms with van der Waals surface area (Å²) in [5.41, 5.74) is 7.08. The molecule has 0 saturated carbocycles. The first-order valence-electron chi connectivity index (χ1n) is 11.6. The highest BCUT2D eigenvalue weighted by molar-refractivity contribution is 5.87. The van der Waals surface area contributed by atoms with Crippen LogP contribution in [0.15, 0.2) is 60.7 Å². The van der Waals surface area contributed by atoms with Crippen molar-refractivity contribution < 1.29 is 20.1 Å². The van der Waals surface area contributed by atoms with Gasteiger partial charge in [-0.2, -0.15) is 0 Å². The van der Waals surface area contributed by atoms with Crippen molar-refractivity contribution in [2.45, 2.75) is 41.5 Å². The zero-order valence-electron chi connectivity index (χ0n) is 21.0. The molecule has 0 aliphatic heterocycles. The Bertz CT molecular complexity index is 1350. The molecule has 0 aliphatic rings. The topological polar surface area (TPSA) is 73.2 Å². The normalized spacial score (nSPS) is 10.9. The molecule has 0 radical (unpaired) electrons. The average Bonchev–Trinajstić information content (AvgIpc) is 2.84. The maximum Gasteiger partial charge on any atom is 0.172 e. The van der Waals surface area contributed by atoms with Crippen LogP contribution in [-0.2, 0) is 0 Å². The fourth-order valence-electron chi connectivity index (χ4n) is 4.18. The summed E-state index contributed by atoms with van der Waals surface area (Å²) >= 11 is 0. The predicted molar refractivity (Wildman–Crippen MR) is 141 cm³/mol. The third-order valence-electron chi connectivity index (χ3n) is 6.53. The van der Waals surface area contributed by atoms with E-state index in [2.05, 4.69) is 0 Å². The summed E-state index contributed by atoms with van der Waals surface area (Å²) in [4.78, 5) is 1.88. The molecule has 180 valence electrons. The van der Waals surface area contributed by atoms with Crippen molar-refractivity contribution in [1.82, 2.24) is 0 Å². The maximum atomic E-state index is 11.1. The third kappa shape index (κ3) is 4.37. The van der Waals surface area contributed by atoms with E-state index in [0.717, 1.165) is 39.1 Å². The smallest absolute Gasteiger partial charge is 0.172 e. The van der Waals surface area contributed by atoms with Gasteiger partial charge in [-0.15, -0.1) is 0 Å². The van der Waals surface area contributed by atoms with Crippen molar-refractivity contribution >= 4 is 17.1 Å². The van der Waals surface area contributed by atoms with E-state index in [1.165, 1.54) is 0 Å². The number of phenols is 3. The molecule has 0 unspecified atom stereocenters. The third-order valence-corrected chi connectivity index (χ3v) is 6.53. The van der Waals surface area contributed by atoms with E-state index in [-0.39, 0.29) is 17.2 Å². The molecule has 4 rings (SSSR count). The molecular weight excluding hydrogens is 438 g/mol. The van der Waals surface area contributed by atoms with Gasteiger partial charge in [0.2, 0.25) is 0 Å². The Labute approximate surface area is 206 Å². The number of phenolic OH excluding ortho intramolecular Hbond substituents is 3. The number of nitrogens with zero attached hydrogens (tertiary/aromatic N) is 1. The number of rotatable bonds is 5.